The van der Waals surface area contributed by atoms with E-state index in [-0.39, 0.29) is 5.54 Å². The van der Waals surface area contributed by atoms with E-state index in [9.17, 15) is 0 Å². The van der Waals surface area contributed by atoms with Gasteiger partial charge in [-0.25, -0.2) is 4.98 Å². The van der Waals surface area contributed by atoms with Gasteiger partial charge in [0.05, 0.1) is 11.4 Å². The van der Waals surface area contributed by atoms with Gasteiger partial charge in [0.1, 0.15) is 0 Å². The molecule has 3 aromatic rings. The zero-order valence-corrected chi connectivity index (χ0v) is 15.7. The second-order valence-electron chi connectivity index (χ2n) is 7.70. The Balaban J connectivity index is 2.28. The fourth-order valence-corrected chi connectivity index (χ4v) is 3.03. The molecule has 0 amide bonds. The summed E-state index contributed by atoms with van der Waals surface area (Å²) >= 11 is 0. The highest BCUT2D eigenvalue weighted by Crippen LogP contribution is 2.37. The van der Waals surface area contributed by atoms with Crippen LogP contribution in [0.2, 0.25) is 0 Å². The van der Waals surface area contributed by atoms with Gasteiger partial charge in [-0.15, -0.1) is 0 Å². The third-order valence-electron chi connectivity index (χ3n) is 4.01. The lowest BCUT2D eigenvalue weighted by Gasteiger charge is -2.24. The normalized spacial score (nSPS) is 11.8. The molecule has 0 saturated heterocycles. The van der Waals surface area contributed by atoms with Crippen LogP contribution in [0.25, 0.3) is 22.5 Å². The van der Waals surface area contributed by atoms with Crippen LogP contribution in [-0.2, 0) is 0 Å². The van der Waals surface area contributed by atoms with Gasteiger partial charge in [-0.1, -0.05) is 60.7 Å². The Hall–Kier alpha value is -2.55. The van der Waals surface area contributed by atoms with Gasteiger partial charge in [-0.2, -0.15) is 0 Å². The van der Waals surface area contributed by atoms with Gasteiger partial charge in [-0.05, 0) is 34.6 Å². The minimum Gasteiger partial charge on any atom is -0.351 e. The van der Waals surface area contributed by atoms with Gasteiger partial charge in [0.2, 0.25) is 5.95 Å². The second kappa shape index (κ2) is 6.75. The zero-order chi connectivity index (χ0) is 18.0. The summed E-state index contributed by atoms with van der Waals surface area (Å²) < 4.78 is 2.31. The molecule has 3 heteroatoms. The van der Waals surface area contributed by atoms with Crippen LogP contribution >= 0.6 is 0 Å². The Morgan fingerprint density at radius 1 is 0.840 bits per heavy atom. The number of anilines is 1. The molecular weight excluding hydrogens is 306 g/mol. The molecule has 130 valence electrons. The molecule has 1 N–H and O–H groups in total. The molecule has 25 heavy (non-hydrogen) atoms. The number of hydrogen-bond donors (Lipinski definition) is 1. The number of aromatic nitrogens is 2. The minimum atomic E-state index is -0.0556. The number of benzene rings is 2. The smallest absolute Gasteiger partial charge is 0.204 e. The zero-order valence-electron chi connectivity index (χ0n) is 15.7. The summed E-state index contributed by atoms with van der Waals surface area (Å²) in [6, 6.07) is 21.2. The van der Waals surface area contributed by atoms with Crippen LogP contribution < -0.4 is 5.32 Å². The van der Waals surface area contributed by atoms with Crippen molar-refractivity contribution in [1.82, 2.24) is 9.55 Å². The Morgan fingerprint density at radius 2 is 1.36 bits per heavy atom. The molecular formula is C22H27N3. The molecule has 0 saturated carbocycles. The molecule has 0 aliphatic carbocycles. The quantitative estimate of drug-likeness (QED) is 0.634. The highest BCUT2D eigenvalue weighted by Gasteiger charge is 2.24. The average molecular weight is 333 g/mol. The van der Waals surface area contributed by atoms with E-state index in [0.717, 1.165) is 22.9 Å². The maximum absolute atomic E-state index is 5.02. The van der Waals surface area contributed by atoms with Gasteiger partial charge in [0.25, 0.3) is 0 Å². The standard InChI is InChI=1S/C22H27N3/c1-16(2)25-20(18-14-10-7-11-15-18)19(17-12-8-6-9-13-17)23-21(25)24-22(3,4)5/h6-16H,1-5H3,(H,23,24). The van der Waals surface area contributed by atoms with Crippen LogP contribution in [0, 0.1) is 0 Å². The van der Waals surface area contributed by atoms with Crippen molar-refractivity contribution < 1.29 is 0 Å². The Morgan fingerprint density at radius 3 is 1.84 bits per heavy atom. The first kappa shape index (κ1) is 17.3. The van der Waals surface area contributed by atoms with Crippen molar-refractivity contribution in [3.05, 3.63) is 60.7 Å². The highest BCUT2D eigenvalue weighted by molar-refractivity contribution is 5.81. The van der Waals surface area contributed by atoms with Crippen molar-refractivity contribution in [2.45, 2.75) is 46.2 Å². The summed E-state index contributed by atoms with van der Waals surface area (Å²) in [6.07, 6.45) is 0. The van der Waals surface area contributed by atoms with E-state index in [1.54, 1.807) is 0 Å². The number of rotatable bonds is 4. The molecule has 2 aromatic carbocycles. The lowest BCUT2D eigenvalue weighted by molar-refractivity contribution is 0.575. The number of nitrogens with zero attached hydrogens (tertiary/aromatic N) is 2. The highest BCUT2D eigenvalue weighted by atomic mass is 15.2. The summed E-state index contributed by atoms with van der Waals surface area (Å²) in [5.74, 6) is 0.917. The van der Waals surface area contributed by atoms with Crippen LogP contribution in [0.5, 0.6) is 0 Å². The first-order valence-corrected chi connectivity index (χ1v) is 8.88. The predicted octanol–water partition coefficient (Wildman–Crippen LogP) is 6.01. The first-order valence-electron chi connectivity index (χ1n) is 8.88. The lowest BCUT2D eigenvalue weighted by Crippen LogP contribution is -2.28. The number of imidazole rings is 1. The molecule has 3 rings (SSSR count). The van der Waals surface area contributed by atoms with E-state index in [4.69, 9.17) is 4.98 Å². The van der Waals surface area contributed by atoms with Gasteiger partial charge in [0.15, 0.2) is 0 Å². The van der Waals surface area contributed by atoms with Gasteiger partial charge in [-0.3, -0.25) is 0 Å². The summed E-state index contributed by atoms with van der Waals surface area (Å²) in [7, 11) is 0. The van der Waals surface area contributed by atoms with E-state index in [2.05, 4.69) is 99.1 Å². The molecule has 0 atom stereocenters. The van der Waals surface area contributed by atoms with E-state index >= 15 is 0 Å². The minimum absolute atomic E-state index is 0.0556. The molecule has 0 aliphatic heterocycles. The third kappa shape index (κ3) is 3.76. The molecule has 0 aliphatic rings. The van der Waals surface area contributed by atoms with Crippen LogP contribution in [0.1, 0.15) is 40.7 Å². The maximum atomic E-state index is 5.02. The lowest BCUT2D eigenvalue weighted by atomic mass is 10.0. The van der Waals surface area contributed by atoms with Crippen molar-refractivity contribution in [3.63, 3.8) is 0 Å². The largest absolute Gasteiger partial charge is 0.351 e. The van der Waals surface area contributed by atoms with Crippen LogP contribution in [0.3, 0.4) is 0 Å². The van der Waals surface area contributed by atoms with Gasteiger partial charge < -0.3 is 9.88 Å². The Bertz CT molecular complexity index is 825. The monoisotopic (exact) mass is 333 g/mol. The summed E-state index contributed by atoms with van der Waals surface area (Å²) in [5.41, 5.74) is 4.45. The van der Waals surface area contributed by atoms with Crippen LogP contribution in [0.4, 0.5) is 5.95 Å². The van der Waals surface area contributed by atoms with Crippen LogP contribution in [0.15, 0.2) is 60.7 Å². The van der Waals surface area contributed by atoms with Crippen molar-refractivity contribution in [3.8, 4) is 22.5 Å². The van der Waals surface area contributed by atoms with Crippen molar-refractivity contribution in [2.75, 3.05) is 5.32 Å². The number of hydrogen-bond acceptors (Lipinski definition) is 2. The molecule has 0 unspecified atom stereocenters. The first-order chi connectivity index (χ1) is 11.9. The molecule has 0 spiro atoms. The van der Waals surface area contributed by atoms with Crippen molar-refractivity contribution in [1.29, 1.82) is 0 Å². The maximum Gasteiger partial charge on any atom is 0.204 e. The SMILES string of the molecule is CC(C)n1c(NC(C)(C)C)nc(-c2ccccc2)c1-c1ccccc1. The third-order valence-corrected chi connectivity index (χ3v) is 4.01. The van der Waals surface area contributed by atoms with E-state index < -0.39 is 0 Å². The van der Waals surface area contributed by atoms with E-state index in [1.165, 1.54) is 5.56 Å². The molecule has 1 aromatic heterocycles. The van der Waals surface area contributed by atoms with Gasteiger partial charge in [0, 0.05) is 22.7 Å². The van der Waals surface area contributed by atoms with Crippen LogP contribution in [-0.4, -0.2) is 15.1 Å². The molecule has 0 bridgehead atoms. The van der Waals surface area contributed by atoms with Crippen molar-refractivity contribution in [2.24, 2.45) is 0 Å². The molecule has 3 nitrogen and oxygen atoms in total. The predicted molar refractivity (Wildman–Crippen MR) is 107 cm³/mol. The second-order valence-corrected chi connectivity index (χ2v) is 7.70. The topological polar surface area (TPSA) is 29.9 Å². The fraction of sp³-hybridized carbons (Fsp3) is 0.318. The van der Waals surface area contributed by atoms with E-state index in [1.807, 2.05) is 6.07 Å². The number of nitrogens with one attached hydrogen (secondary N) is 1. The molecule has 0 radical (unpaired) electrons. The Labute approximate surface area is 150 Å². The average Bonchev–Trinajstić information content (AvgIpc) is 2.94. The van der Waals surface area contributed by atoms with Gasteiger partial charge >= 0.3 is 0 Å². The Kier molecular flexibility index (Phi) is 4.67. The van der Waals surface area contributed by atoms with E-state index in [0.29, 0.717) is 6.04 Å². The summed E-state index contributed by atoms with van der Waals surface area (Å²) in [5, 5.41) is 3.58. The summed E-state index contributed by atoms with van der Waals surface area (Å²) in [6.45, 7) is 10.9. The molecule has 0 fully saturated rings. The molecule has 1 heterocycles. The van der Waals surface area contributed by atoms with Crippen molar-refractivity contribution >= 4 is 5.95 Å². The summed E-state index contributed by atoms with van der Waals surface area (Å²) in [4.78, 5) is 5.02. The fourth-order valence-electron chi connectivity index (χ4n) is 3.03.